The number of carbonyl (C=O) groups excluding carboxylic acids is 1. The quantitative estimate of drug-likeness (QED) is 0.806. The second kappa shape index (κ2) is 4.01. The van der Waals surface area contributed by atoms with Crippen LogP contribution in [0.2, 0.25) is 0 Å². The van der Waals surface area contributed by atoms with Crippen LogP contribution in [-0.2, 0) is 21.1 Å². The van der Waals surface area contributed by atoms with E-state index in [0.717, 1.165) is 6.20 Å². The third-order valence-corrected chi connectivity index (χ3v) is 4.70. The molecule has 1 aromatic rings. The molecule has 1 heterocycles. The summed E-state index contributed by atoms with van der Waals surface area (Å²) >= 11 is 0. The third kappa shape index (κ3) is 1.82. The molecule has 2 bridgehead atoms. The van der Waals surface area contributed by atoms with Gasteiger partial charge < -0.3 is 9.30 Å². The summed E-state index contributed by atoms with van der Waals surface area (Å²) in [7, 11) is 1.34. The maximum Gasteiger partial charge on any atom is 0.434 e. The van der Waals surface area contributed by atoms with Gasteiger partial charge in [0.05, 0.1) is 12.5 Å². The molecular formula is C14H17F3N2O2. The van der Waals surface area contributed by atoms with E-state index in [1.54, 1.807) is 4.57 Å². The molecule has 0 radical (unpaired) electrons. The number of imidazole rings is 1. The fourth-order valence-corrected chi connectivity index (χ4v) is 3.77. The summed E-state index contributed by atoms with van der Waals surface area (Å²) in [5, 5.41) is 0. The van der Waals surface area contributed by atoms with Gasteiger partial charge in [-0.25, -0.2) is 4.98 Å². The highest BCUT2D eigenvalue weighted by Gasteiger charge is 2.74. The number of nitrogens with zero attached hydrogens (tertiary/aromatic N) is 2. The number of esters is 1. The van der Waals surface area contributed by atoms with Crippen molar-refractivity contribution in [2.75, 3.05) is 7.11 Å². The molecule has 0 atom stereocenters. The van der Waals surface area contributed by atoms with E-state index in [0.29, 0.717) is 25.1 Å². The summed E-state index contributed by atoms with van der Waals surface area (Å²) < 4.78 is 45.0. The van der Waals surface area contributed by atoms with E-state index in [4.69, 9.17) is 4.74 Å². The molecule has 0 unspecified atom stereocenters. The van der Waals surface area contributed by atoms with Crippen LogP contribution in [0.1, 0.15) is 50.7 Å². The first kappa shape index (κ1) is 14.4. The van der Waals surface area contributed by atoms with Gasteiger partial charge in [-0.1, -0.05) is 0 Å². The topological polar surface area (TPSA) is 44.1 Å². The standard InChI is InChI=1S/C14H17F3N2O2/c1-8(2)19-4-9(14(15,16)17)18-10(19)12-5-13(6-12,7-12)11(20)21-3/h4,8H,5-7H2,1-3H3. The van der Waals surface area contributed by atoms with Crippen molar-refractivity contribution in [1.29, 1.82) is 0 Å². The van der Waals surface area contributed by atoms with E-state index in [1.807, 2.05) is 13.8 Å². The van der Waals surface area contributed by atoms with E-state index < -0.39 is 17.3 Å². The summed E-state index contributed by atoms with van der Waals surface area (Å²) in [6.07, 6.45) is -1.77. The molecule has 0 spiro atoms. The number of methoxy groups -OCH3 is 1. The Morgan fingerprint density at radius 2 is 1.95 bits per heavy atom. The molecule has 3 saturated carbocycles. The average Bonchev–Trinajstić information content (AvgIpc) is 2.69. The Kier molecular flexibility index (Phi) is 2.75. The van der Waals surface area contributed by atoms with Crippen LogP contribution in [0.4, 0.5) is 13.2 Å². The van der Waals surface area contributed by atoms with E-state index in [2.05, 4.69) is 4.98 Å². The lowest BCUT2D eigenvalue weighted by atomic mass is 9.35. The van der Waals surface area contributed by atoms with Gasteiger partial charge in [-0.05, 0) is 33.1 Å². The smallest absolute Gasteiger partial charge is 0.434 e. The molecule has 116 valence electrons. The summed E-state index contributed by atoms with van der Waals surface area (Å²) in [4.78, 5) is 15.5. The minimum atomic E-state index is -4.45. The van der Waals surface area contributed by atoms with Gasteiger partial charge in [0.2, 0.25) is 0 Å². The first-order valence-corrected chi connectivity index (χ1v) is 6.89. The summed E-state index contributed by atoms with van der Waals surface area (Å²) in [5.41, 5.74) is -1.73. The largest absolute Gasteiger partial charge is 0.469 e. The van der Waals surface area contributed by atoms with Gasteiger partial charge in [0.25, 0.3) is 0 Å². The van der Waals surface area contributed by atoms with Gasteiger partial charge in [-0.15, -0.1) is 0 Å². The Labute approximate surface area is 120 Å². The fraction of sp³-hybridized carbons (Fsp3) is 0.714. The fourth-order valence-electron chi connectivity index (χ4n) is 3.77. The van der Waals surface area contributed by atoms with Crippen molar-refractivity contribution in [3.05, 3.63) is 17.7 Å². The van der Waals surface area contributed by atoms with Crippen LogP contribution in [0.15, 0.2) is 6.20 Å². The summed E-state index contributed by atoms with van der Waals surface area (Å²) in [6.45, 7) is 3.65. The second-order valence-electron chi connectivity index (χ2n) is 6.53. The number of ether oxygens (including phenoxy) is 1. The molecule has 21 heavy (non-hydrogen) atoms. The predicted octanol–water partition coefficient (Wildman–Crippen LogP) is 3.08. The molecule has 0 aliphatic heterocycles. The SMILES string of the molecule is COC(=O)C12CC(c3nc(C(F)(F)F)cn3C(C)C)(C1)C2. The first-order valence-electron chi connectivity index (χ1n) is 6.89. The van der Waals surface area contributed by atoms with Crippen molar-refractivity contribution in [3.63, 3.8) is 0 Å². The minimum Gasteiger partial charge on any atom is -0.469 e. The second-order valence-corrected chi connectivity index (χ2v) is 6.53. The minimum absolute atomic E-state index is 0.105. The average molecular weight is 302 g/mol. The summed E-state index contributed by atoms with van der Waals surface area (Å²) in [5.74, 6) is 0.193. The Morgan fingerprint density at radius 3 is 2.38 bits per heavy atom. The maximum absolute atomic E-state index is 12.9. The van der Waals surface area contributed by atoms with Crippen molar-refractivity contribution < 1.29 is 22.7 Å². The van der Waals surface area contributed by atoms with Gasteiger partial charge in [0.15, 0.2) is 5.69 Å². The van der Waals surface area contributed by atoms with Crippen molar-refractivity contribution >= 4 is 5.97 Å². The van der Waals surface area contributed by atoms with Crippen molar-refractivity contribution in [3.8, 4) is 0 Å². The van der Waals surface area contributed by atoms with Crippen LogP contribution in [0.25, 0.3) is 0 Å². The number of halogens is 3. The number of carbonyl (C=O) groups is 1. The molecule has 1 aromatic heterocycles. The maximum atomic E-state index is 12.9. The number of aromatic nitrogens is 2. The first-order chi connectivity index (χ1) is 9.63. The number of hydrogen-bond donors (Lipinski definition) is 0. The molecule has 7 heteroatoms. The Bertz CT molecular complexity index is 584. The number of hydrogen-bond acceptors (Lipinski definition) is 3. The van der Waals surface area contributed by atoms with Gasteiger partial charge in [0.1, 0.15) is 5.82 Å². The number of rotatable bonds is 3. The highest BCUT2D eigenvalue weighted by Crippen LogP contribution is 2.73. The molecule has 3 aliphatic carbocycles. The summed E-state index contributed by atoms with van der Waals surface area (Å²) in [6, 6.07) is -0.105. The Morgan fingerprint density at radius 1 is 1.38 bits per heavy atom. The van der Waals surface area contributed by atoms with E-state index in [1.165, 1.54) is 7.11 Å². The molecule has 0 saturated heterocycles. The normalized spacial score (nSPS) is 30.8. The van der Waals surface area contributed by atoms with Crippen LogP contribution < -0.4 is 0 Å². The highest BCUT2D eigenvalue weighted by molar-refractivity contribution is 5.82. The molecule has 0 aromatic carbocycles. The predicted molar refractivity (Wildman–Crippen MR) is 67.6 cm³/mol. The zero-order valence-electron chi connectivity index (χ0n) is 12.1. The Hall–Kier alpha value is -1.53. The van der Waals surface area contributed by atoms with Crippen LogP contribution in [0, 0.1) is 5.41 Å². The lowest BCUT2D eigenvalue weighted by Gasteiger charge is -2.67. The molecule has 4 rings (SSSR count). The third-order valence-electron chi connectivity index (χ3n) is 4.70. The molecule has 3 aliphatic rings. The lowest BCUT2D eigenvalue weighted by Crippen LogP contribution is -2.69. The highest BCUT2D eigenvalue weighted by atomic mass is 19.4. The van der Waals surface area contributed by atoms with Crippen LogP contribution >= 0.6 is 0 Å². The van der Waals surface area contributed by atoms with Gasteiger partial charge >= 0.3 is 12.1 Å². The molecule has 3 fully saturated rings. The van der Waals surface area contributed by atoms with Gasteiger partial charge in [-0.2, -0.15) is 13.2 Å². The van der Waals surface area contributed by atoms with Crippen LogP contribution in [0.3, 0.4) is 0 Å². The zero-order chi connectivity index (χ0) is 15.6. The van der Waals surface area contributed by atoms with E-state index in [-0.39, 0.29) is 17.4 Å². The van der Waals surface area contributed by atoms with Crippen LogP contribution in [-0.4, -0.2) is 22.6 Å². The van der Waals surface area contributed by atoms with Crippen LogP contribution in [0.5, 0.6) is 0 Å². The van der Waals surface area contributed by atoms with Crippen molar-refractivity contribution in [1.82, 2.24) is 9.55 Å². The van der Waals surface area contributed by atoms with Gasteiger partial charge in [0, 0.05) is 17.7 Å². The molecule has 0 N–H and O–H groups in total. The molecule has 4 nitrogen and oxygen atoms in total. The Balaban J connectivity index is 1.92. The molecule has 0 amide bonds. The van der Waals surface area contributed by atoms with Gasteiger partial charge in [-0.3, -0.25) is 4.79 Å². The van der Waals surface area contributed by atoms with Crippen molar-refractivity contribution in [2.45, 2.75) is 50.7 Å². The lowest BCUT2D eigenvalue weighted by molar-refractivity contribution is -0.200. The molecular weight excluding hydrogens is 285 g/mol. The monoisotopic (exact) mass is 302 g/mol. The zero-order valence-corrected chi connectivity index (χ0v) is 12.1. The van der Waals surface area contributed by atoms with E-state index in [9.17, 15) is 18.0 Å². The number of alkyl halides is 3. The van der Waals surface area contributed by atoms with E-state index >= 15 is 0 Å². The van der Waals surface area contributed by atoms with Crippen molar-refractivity contribution in [2.24, 2.45) is 5.41 Å².